The molecule has 1 heterocycles. The van der Waals surface area contributed by atoms with Crippen molar-refractivity contribution in [2.45, 2.75) is 36.7 Å². The monoisotopic (exact) mass is 304 g/mol. The summed E-state index contributed by atoms with van der Waals surface area (Å²) in [5.74, 6) is -0.0287. The minimum Gasteiger partial charge on any atom is -0.393 e. The second-order valence-corrected chi connectivity index (χ2v) is 6.85. The van der Waals surface area contributed by atoms with Crippen molar-refractivity contribution in [2.75, 3.05) is 6.54 Å². The van der Waals surface area contributed by atoms with Crippen molar-refractivity contribution in [1.82, 2.24) is 9.71 Å². The zero-order valence-corrected chi connectivity index (χ0v) is 12.0. The van der Waals surface area contributed by atoms with Crippen molar-refractivity contribution in [3.63, 3.8) is 0 Å². The first kappa shape index (κ1) is 14.7. The summed E-state index contributed by atoms with van der Waals surface area (Å²) >= 11 is 5.78. The van der Waals surface area contributed by atoms with E-state index in [0.717, 1.165) is 25.7 Å². The maximum absolute atomic E-state index is 12.1. The molecule has 7 heteroatoms. The molecular formula is C12H17ClN2O3S. The Balaban J connectivity index is 2.04. The van der Waals surface area contributed by atoms with Crippen molar-refractivity contribution in [2.24, 2.45) is 5.92 Å². The molecule has 2 rings (SSSR count). The first-order valence-corrected chi connectivity index (χ1v) is 8.15. The lowest BCUT2D eigenvalue weighted by Gasteiger charge is -2.27. The molecule has 0 radical (unpaired) electrons. The molecule has 1 aromatic rings. The largest absolute Gasteiger partial charge is 0.393 e. The fourth-order valence-corrected chi connectivity index (χ4v) is 3.84. The number of aromatic nitrogens is 1. The highest BCUT2D eigenvalue weighted by Crippen LogP contribution is 2.24. The van der Waals surface area contributed by atoms with Gasteiger partial charge in [0.15, 0.2) is 0 Å². The van der Waals surface area contributed by atoms with Gasteiger partial charge in [-0.1, -0.05) is 24.4 Å². The third kappa shape index (κ3) is 3.66. The van der Waals surface area contributed by atoms with Gasteiger partial charge in [-0.15, -0.1) is 0 Å². The van der Waals surface area contributed by atoms with Crippen LogP contribution in [-0.2, 0) is 10.0 Å². The van der Waals surface area contributed by atoms with Gasteiger partial charge in [-0.3, -0.25) is 0 Å². The molecule has 2 atom stereocenters. The van der Waals surface area contributed by atoms with Gasteiger partial charge in [0, 0.05) is 12.7 Å². The van der Waals surface area contributed by atoms with Crippen molar-refractivity contribution in [1.29, 1.82) is 0 Å². The van der Waals surface area contributed by atoms with Crippen LogP contribution in [0.25, 0.3) is 0 Å². The summed E-state index contributed by atoms with van der Waals surface area (Å²) < 4.78 is 26.7. The predicted molar refractivity (Wildman–Crippen MR) is 72.4 cm³/mol. The molecular weight excluding hydrogens is 288 g/mol. The molecule has 1 aliphatic rings. The highest BCUT2D eigenvalue weighted by Gasteiger charge is 2.26. The first-order valence-electron chi connectivity index (χ1n) is 6.29. The molecule has 5 nitrogen and oxygen atoms in total. The van der Waals surface area contributed by atoms with E-state index >= 15 is 0 Å². The maximum atomic E-state index is 12.1. The van der Waals surface area contributed by atoms with E-state index in [4.69, 9.17) is 11.6 Å². The molecule has 0 aromatic carbocycles. The molecule has 0 aliphatic heterocycles. The van der Waals surface area contributed by atoms with Gasteiger partial charge in [0.2, 0.25) is 10.0 Å². The summed E-state index contributed by atoms with van der Waals surface area (Å²) in [6, 6.07) is 2.94. The van der Waals surface area contributed by atoms with Gasteiger partial charge in [0.1, 0.15) is 10.0 Å². The summed E-state index contributed by atoms with van der Waals surface area (Å²) in [4.78, 5) is 3.73. The lowest BCUT2D eigenvalue weighted by atomic mass is 9.87. The molecule has 1 saturated carbocycles. The number of rotatable bonds is 4. The van der Waals surface area contributed by atoms with Gasteiger partial charge < -0.3 is 5.11 Å². The van der Waals surface area contributed by atoms with E-state index in [1.165, 1.54) is 18.3 Å². The molecule has 1 aliphatic carbocycles. The number of pyridine rings is 1. The van der Waals surface area contributed by atoms with Gasteiger partial charge in [0.25, 0.3) is 0 Å². The zero-order valence-electron chi connectivity index (χ0n) is 10.4. The number of hydrogen-bond donors (Lipinski definition) is 2. The van der Waals surface area contributed by atoms with Crippen LogP contribution in [-0.4, -0.2) is 31.2 Å². The molecule has 2 unspecified atom stereocenters. The van der Waals surface area contributed by atoms with Crippen LogP contribution in [0.3, 0.4) is 0 Å². The van der Waals surface area contributed by atoms with Crippen LogP contribution in [0.2, 0.25) is 5.15 Å². The summed E-state index contributed by atoms with van der Waals surface area (Å²) in [7, 11) is -3.67. The lowest BCUT2D eigenvalue weighted by Crippen LogP contribution is -2.36. The van der Waals surface area contributed by atoms with Crippen LogP contribution in [0.15, 0.2) is 23.2 Å². The smallest absolute Gasteiger partial charge is 0.243 e. The third-order valence-electron chi connectivity index (χ3n) is 3.42. The van der Waals surface area contributed by atoms with Gasteiger partial charge in [0.05, 0.1) is 6.10 Å². The number of nitrogens with zero attached hydrogens (tertiary/aromatic N) is 1. The summed E-state index contributed by atoms with van der Waals surface area (Å²) in [5.41, 5.74) is 0. The molecule has 0 bridgehead atoms. The summed E-state index contributed by atoms with van der Waals surface area (Å²) in [6.45, 7) is 0.231. The highest BCUT2D eigenvalue weighted by molar-refractivity contribution is 7.89. The second kappa shape index (κ2) is 6.17. The molecule has 106 valence electrons. The Morgan fingerprint density at radius 3 is 2.84 bits per heavy atom. The van der Waals surface area contributed by atoms with Gasteiger partial charge in [-0.25, -0.2) is 18.1 Å². The topological polar surface area (TPSA) is 79.3 Å². The SMILES string of the molecule is O=S(=O)(NCC1CCCCC1O)c1cccnc1Cl. The van der Waals surface area contributed by atoms with Crippen LogP contribution >= 0.6 is 11.6 Å². The summed E-state index contributed by atoms with van der Waals surface area (Å²) in [6.07, 6.45) is 4.60. The van der Waals surface area contributed by atoms with Crippen molar-refractivity contribution < 1.29 is 13.5 Å². The molecule has 0 spiro atoms. The number of sulfonamides is 1. The second-order valence-electron chi connectivity index (χ2n) is 4.76. The van der Waals surface area contributed by atoms with E-state index in [-0.39, 0.29) is 22.5 Å². The number of halogens is 1. The van der Waals surface area contributed by atoms with Crippen molar-refractivity contribution in [3.8, 4) is 0 Å². The Morgan fingerprint density at radius 1 is 1.42 bits per heavy atom. The molecule has 19 heavy (non-hydrogen) atoms. The molecule has 2 N–H and O–H groups in total. The standard InChI is InChI=1S/C12H17ClN2O3S/c13-12-11(6-3-7-14-12)19(17,18)15-8-9-4-1-2-5-10(9)16/h3,6-7,9-10,15-16H,1-2,4-5,8H2. The number of nitrogens with one attached hydrogen (secondary N) is 1. The fraction of sp³-hybridized carbons (Fsp3) is 0.583. The van der Waals surface area contributed by atoms with Crippen LogP contribution in [0.1, 0.15) is 25.7 Å². The number of aliphatic hydroxyl groups excluding tert-OH is 1. The Labute approximate surface area is 118 Å². The van der Waals surface area contributed by atoms with E-state index in [1.807, 2.05) is 0 Å². The first-order chi connectivity index (χ1) is 9.00. The minimum atomic E-state index is -3.67. The lowest BCUT2D eigenvalue weighted by molar-refractivity contribution is 0.0724. The number of aliphatic hydroxyl groups is 1. The fourth-order valence-electron chi connectivity index (χ4n) is 2.29. The average Bonchev–Trinajstić information content (AvgIpc) is 2.38. The van der Waals surface area contributed by atoms with Gasteiger partial charge in [-0.05, 0) is 30.9 Å². The van der Waals surface area contributed by atoms with E-state index in [0.29, 0.717) is 0 Å². The Morgan fingerprint density at radius 2 is 2.16 bits per heavy atom. The van der Waals surface area contributed by atoms with Crippen LogP contribution in [0, 0.1) is 5.92 Å². The van der Waals surface area contributed by atoms with Gasteiger partial charge in [-0.2, -0.15) is 0 Å². The van der Waals surface area contributed by atoms with Crippen LogP contribution in [0.5, 0.6) is 0 Å². The number of hydrogen-bond acceptors (Lipinski definition) is 4. The van der Waals surface area contributed by atoms with E-state index in [9.17, 15) is 13.5 Å². The van der Waals surface area contributed by atoms with Crippen LogP contribution < -0.4 is 4.72 Å². The average molecular weight is 305 g/mol. The Kier molecular flexibility index (Phi) is 4.78. The van der Waals surface area contributed by atoms with Gasteiger partial charge >= 0.3 is 0 Å². The zero-order chi connectivity index (χ0) is 13.9. The van der Waals surface area contributed by atoms with E-state index in [2.05, 4.69) is 9.71 Å². The van der Waals surface area contributed by atoms with E-state index < -0.39 is 16.1 Å². The molecule has 0 amide bonds. The molecule has 1 fully saturated rings. The Bertz CT molecular complexity index is 536. The van der Waals surface area contributed by atoms with Crippen molar-refractivity contribution in [3.05, 3.63) is 23.5 Å². The normalized spacial score (nSPS) is 24.3. The van der Waals surface area contributed by atoms with Crippen LogP contribution in [0.4, 0.5) is 0 Å². The maximum Gasteiger partial charge on any atom is 0.243 e. The third-order valence-corrected chi connectivity index (χ3v) is 5.29. The van der Waals surface area contributed by atoms with Crippen molar-refractivity contribution >= 4 is 21.6 Å². The predicted octanol–water partition coefficient (Wildman–Crippen LogP) is 1.56. The quantitative estimate of drug-likeness (QED) is 0.828. The highest BCUT2D eigenvalue weighted by atomic mass is 35.5. The minimum absolute atomic E-state index is 0.0260. The molecule has 1 aromatic heterocycles. The molecule has 0 saturated heterocycles. The summed E-state index contributed by atoms with van der Waals surface area (Å²) in [5, 5.41) is 9.78. The Hall–Kier alpha value is -0.690. The van der Waals surface area contributed by atoms with E-state index in [1.54, 1.807) is 0 Å².